The summed E-state index contributed by atoms with van der Waals surface area (Å²) in [5.41, 5.74) is 3.97. The molecule has 1 aliphatic heterocycles. The highest BCUT2D eigenvalue weighted by atomic mass is 16.7. The van der Waals surface area contributed by atoms with E-state index in [0.29, 0.717) is 13.1 Å². The highest BCUT2D eigenvalue weighted by Gasteiger charge is 2.17. The molecule has 2 aromatic rings. The highest BCUT2D eigenvalue weighted by Crippen LogP contribution is 2.32. The molecule has 0 radical (unpaired) electrons. The Morgan fingerprint density at radius 1 is 1.12 bits per heavy atom. The van der Waals surface area contributed by atoms with E-state index >= 15 is 0 Å². The molecule has 1 heterocycles. The van der Waals surface area contributed by atoms with Gasteiger partial charge < -0.3 is 24.6 Å². The molecule has 6 heteroatoms. The predicted octanol–water partition coefficient (Wildman–Crippen LogP) is 3.84. The fourth-order valence-corrected chi connectivity index (χ4v) is 2.85. The lowest BCUT2D eigenvalue weighted by atomic mass is 10.1. The number of benzene rings is 2. The minimum atomic E-state index is -0.120. The maximum atomic E-state index is 12.7. The molecule has 2 aromatic carbocycles. The summed E-state index contributed by atoms with van der Waals surface area (Å²) in [5, 5.41) is 3.01. The first-order chi connectivity index (χ1) is 12.5. The van der Waals surface area contributed by atoms with Crippen LogP contribution in [0.15, 0.2) is 36.4 Å². The molecule has 2 amide bonds. The van der Waals surface area contributed by atoms with Crippen LogP contribution < -0.4 is 19.7 Å². The summed E-state index contributed by atoms with van der Waals surface area (Å²) in [6.45, 7) is 5.33. The van der Waals surface area contributed by atoms with E-state index in [-0.39, 0.29) is 12.8 Å². The van der Waals surface area contributed by atoms with Gasteiger partial charge in [-0.3, -0.25) is 0 Å². The summed E-state index contributed by atoms with van der Waals surface area (Å²) in [7, 11) is 3.99. The van der Waals surface area contributed by atoms with Gasteiger partial charge in [0.05, 0.1) is 0 Å². The quantitative estimate of drug-likeness (QED) is 0.885. The van der Waals surface area contributed by atoms with Gasteiger partial charge in [0.15, 0.2) is 11.5 Å². The smallest absolute Gasteiger partial charge is 0.322 e. The van der Waals surface area contributed by atoms with E-state index in [2.05, 4.69) is 11.4 Å². The van der Waals surface area contributed by atoms with Gasteiger partial charge in [0.25, 0.3) is 0 Å². The summed E-state index contributed by atoms with van der Waals surface area (Å²) in [5.74, 6) is 1.48. The number of hydrogen-bond donors (Lipinski definition) is 1. The molecule has 0 saturated carbocycles. The number of nitrogens with zero attached hydrogens (tertiary/aromatic N) is 2. The molecule has 26 heavy (non-hydrogen) atoms. The highest BCUT2D eigenvalue weighted by molar-refractivity contribution is 5.90. The molecule has 1 N–H and O–H groups in total. The van der Waals surface area contributed by atoms with E-state index in [1.54, 1.807) is 4.90 Å². The van der Waals surface area contributed by atoms with Crippen molar-refractivity contribution in [3.63, 3.8) is 0 Å². The Labute approximate surface area is 154 Å². The lowest BCUT2D eigenvalue weighted by molar-refractivity contribution is 0.174. The molecule has 0 saturated heterocycles. The number of urea groups is 1. The molecule has 0 aliphatic carbocycles. The van der Waals surface area contributed by atoms with Crippen LogP contribution in [-0.4, -0.2) is 38.4 Å². The molecular weight excluding hydrogens is 330 g/mol. The van der Waals surface area contributed by atoms with Crippen molar-refractivity contribution in [2.75, 3.05) is 37.6 Å². The van der Waals surface area contributed by atoms with Gasteiger partial charge in [-0.15, -0.1) is 0 Å². The SMILES string of the molecule is CCN(Cc1ccc2c(c1)OCO2)C(=O)Nc1ccc(N(C)C)cc1C. The lowest BCUT2D eigenvalue weighted by Crippen LogP contribution is -2.34. The van der Waals surface area contributed by atoms with Gasteiger partial charge in [-0.25, -0.2) is 4.79 Å². The Morgan fingerprint density at radius 2 is 1.88 bits per heavy atom. The van der Waals surface area contributed by atoms with E-state index in [1.165, 1.54) is 0 Å². The van der Waals surface area contributed by atoms with Gasteiger partial charge in [0.1, 0.15) is 0 Å². The van der Waals surface area contributed by atoms with Gasteiger partial charge in [0.2, 0.25) is 6.79 Å². The molecule has 0 fully saturated rings. The van der Waals surface area contributed by atoms with E-state index in [4.69, 9.17) is 9.47 Å². The van der Waals surface area contributed by atoms with Crippen molar-refractivity contribution >= 4 is 17.4 Å². The number of hydrogen-bond acceptors (Lipinski definition) is 4. The summed E-state index contributed by atoms with van der Waals surface area (Å²) in [6, 6.07) is 11.6. The van der Waals surface area contributed by atoms with Gasteiger partial charge >= 0.3 is 6.03 Å². The van der Waals surface area contributed by atoms with Crippen LogP contribution in [0, 0.1) is 6.92 Å². The zero-order valence-electron chi connectivity index (χ0n) is 15.7. The zero-order valence-corrected chi connectivity index (χ0v) is 15.7. The fourth-order valence-electron chi connectivity index (χ4n) is 2.85. The second-order valence-corrected chi connectivity index (χ2v) is 6.53. The Kier molecular flexibility index (Phi) is 5.21. The normalized spacial score (nSPS) is 12.0. The first-order valence-electron chi connectivity index (χ1n) is 8.70. The number of carbonyl (C=O) groups is 1. The van der Waals surface area contributed by atoms with Crippen LogP contribution in [0.2, 0.25) is 0 Å². The molecule has 0 bridgehead atoms. The lowest BCUT2D eigenvalue weighted by Gasteiger charge is -2.23. The molecule has 0 unspecified atom stereocenters. The maximum absolute atomic E-state index is 12.7. The summed E-state index contributed by atoms with van der Waals surface area (Å²) in [6.07, 6.45) is 0. The van der Waals surface area contributed by atoms with Gasteiger partial charge in [-0.2, -0.15) is 0 Å². The van der Waals surface area contributed by atoms with Crippen molar-refractivity contribution in [2.45, 2.75) is 20.4 Å². The third-order valence-corrected chi connectivity index (χ3v) is 4.45. The van der Waals surface area contributed by atoms with Crippen molar-refractivity contribution in [2.24, 2.45) is 0 Å². The van der Waals surface area contributed by atoms with Crippen molar-refractivity contribution < 1.29 is 14.3 Å². The third kappa shape index (κ3) is 3.85. The van der Waals surface area contributed by atoms with Crippen molar-refractivity contribution in [1.82, 2.24) is 4.90 Å². The second kappa shape index (κ2) is 7.56. The topological polar surface area (TPSA) is 54.0 Å². The van der Waals surface area contributed by atoms with Crippen LogP contribution >= 0.6 is 0 Å². The van der Waals surface area contributed by atoms with E-state index < -0.39 is 0 Å². The number of nitrogens with one attached hydrogen (secondary N) is 1. The van der Waals surface area contributed by atoms with Crippen molar-refractivity contribution in [3.8, 4) is 11.5 Å². The van der Waals surface area contributed by atoms with Crippen molar-refractivity contribution in [3.05, 3.63) is 47.5 Å². The number of aryl methyl sites for hydroxylation is 1. The monoisotopic (exact) mass is 355 g/mol. The average Bonchev–Trinajstić information content (AvgIpc) is 3.08. The minimum absolute atomic E-state index is 0.120. The van der Waals surface area contributed by atoms with Gasteiger partial charge in [0, 0.05) is 38.6 Å². The van der Waals surface area contributed by atoms with Crippen molar-refractivity contribution in [1.29, 1.82) is 0 Å². The summed E-state index contributed by atoms with van der Waals surface area (Å²) in [4.78, 5) is 16.5. The Bertz CT molecular complexity index is 805. The maximum Gasteiger partial charge on any atom is 0.322 e. The molecule has 0 aromatic heterocycles. The van der Waals surface area contributed by atoms with Crippen LogP contribution in [0.1, 0.15) is 18.1 Å². The minimum Gasteiger partial charge on any atom is -0.454 e. The van der Waals surface area contributed by atoms with Crippen LogP contribution in [0.3, 0.4) is 0 Å². The Morgan fingerprint density at radius 3 is 2.58 bits per heavy atom. The molecule has 138 valence electrons. The number of ether oxygens (including phenoxy) is 2. The summed E-state index contributed by atoms with van der Waals surface area (Å²) < 4.78 is 10.7. The first kappa shape index (κ1) is 17.9. The average molecular weight is 355 g/mol. The number of fused-ring (bicyclic) bond motifs is 1. The Balaban J connectivity index is 1.69. The first-order valence-corrected chi connectivity index (χ1v) is 8.70. The number of carbonyl (C=O) groups excluding carboxylic acids is 1. The van der Waals surface area contributed by atoms with E-state index in [1.807, 2.05) is 63.2 Å². The Hall–Kier alpha value is -2.89. The second-order valence-electron chi connectivity index (χ2n) is 6.53. The van der Waals surface area contributed by atoms with Crippen LogP contribution in [0.4, 0.5) is 16.2 Å². The van der Waals surface area contributed by atoms with E-state index in [9.17, 15) is 4.79 Å². The van der Waals surface area contributed by atoms with Gasteiger partial charge in [-0.05, 0) is 55.3 Å². The largest absolute Gasteiger partial charge is 0.454 e. The molecule has 6 nitrogen and oxygen atoms in total. The molecule has 1 aliphatic rings. The van der Waals surface area contributed by atoms with E-state index in [0.717, 1.165) is 34.0 Å². The zero-order chi connectivity index (χ0) is 18.7. The number of anilines is 2. The fraction of sp³-hybridized carbons (Fsp3) is 0.350. The molecule has 0 spiro atoms. The third-order valence-electron chi connectivity index (χ3n) is 4.45. The van der Waals surface area contributed by atoms with Crippen LogP contribution in [0.25, 0.3) is 0 Å². The predicted molar refractivity (Wildman–Crippen MR) is 103 cm³/mol. The van der Waals surface area contributed by atoms with Crippen LogP contribution in [0.5, 0.6) is 11.5 Å². The standard InChI is InChI=1S/C20H25N3O3/c1-5-23(12-15-6-9-18-19(11-15)26-13-25-18)20(24)21-17-8-7-16(22(3)4)10-14(17)2/h6-11H,5,12-13H2,1-4H3,(H,21,24). The van der Waals surface area contributed by atoms with Crippen LogP contribution in [-0.2, 0) is 6.54 Å². The number of rotatable bonds is 5. The summed E-state index contributed by atoms with van der Waals surface area (Å²) >= 11 is 0. The van der Waals surface area contributed by atoms with Gasteiger partial charge in [-0.1, -0.05) is 6.07 Å². The molecular formula is C20H25N3O3. The number of amides is 2. The molecule has 3 rings (SSSR count). The molecule has 0 atom stereocenters.